The van der Waals surface area contributed by atoms with E-state index in [-0.39, 0.29) is 23.6 Å². The molecule has 1 aliphatic rings. The lowest BCUT2D eigenvalue weighted by molar-refractivity contribution is 0.430. The summed E-state index contributed by atoms with van der Waals surface area (Å²) in [5.41, 5.74) is 2.68. The maximum atomic E-state index is 10.2. The first kappa shape index (κ1) is 17.2. The van der Waals surface area contributed by atoms with E-state index in [0.29, 0.717) is 10.6 Å². The van der Waals surface area contributed by atoms with Gasteiger partial charge in [0.25, 0.3) is 0 Å². The van der Waals surface area contributed by atoms with Crippen LogP contribution in [0, 0.1) is 0 Å². The summed E-state index contributed by atoms with van der Waals surface area (Å²) in [6.07, 6.45) is 1.74. The Labute approximate surface area is 163 Å². The second-order valence-electron chi connectivity index (χ2n) is 6.39. The van der Waals surface area contributed by atoms with Gasteiger partial charge >= 0.3 is 0 Å². The number of phenols is 2. The second-order valence-corrected chi connectivity index (χ2v) is 6.78. The van der Waals surface area contributed by atoms with E-state index < -0.39 is 0 Å². The third-order valence-electron chi connectivity index (χ3n) is 4.68. The maximum absolute atomic E-state index is 10.2. The van der Waals surface area contributed by atoms with Crippen molar-refractivity contribution in [3.8, 4) is 11.5 Å². The monoisotopic (exact) mass is 374 g/mol. The molecule has 0 fully saturated rings. The van der Waals surface area contributed by atoms with Crippen LogP contribution < -0.4 is 0 Å². The van der Waals surface area contributed by atoms with Gasteiger partial charge in [0.15, 0.2) is 0 Å². The molecule has 0 saturated heterocycles. The Morgan fingerprint density at radius 3 is 2.11 bits per heavy atom. The molecule has 0 spiro atoms. The Morgan fingerprint density at radius 1 is 0.852 bits per heavy atom. The zero-order chi connectivity index (χ0) is 18.8. The van der Waals surface area contributed by atoms with Gasteiger partial charge in [0.1, 0.15) is 22.5 Å². The number of phenolic OH excluding ortho intramolecular Hbond substituents is 2. The predicted octanol–water partition coefficient (Wildman–Crippen LogP) is 4.60. The van der Waals surface area contributed by atoms with E-state index >= 15 is 0 Å². The van der Waals surface area contributed by atoms with Gasteiger partial charge in [-0.2, -0.15) is 0 Å². The number of benzene rings is 3. The van der Waals surface area contributed by atoms with Gasteiger partial charge in [0.05, 0.1) is 17.9 Å². The SMILES string of the molecule is Oc1ccc(C(=S)N2C=NC(c3ccccc3)C2c2ccccc2)c(O)c1. The molecule has 1 heterocycles. The topological polar surface area (TPSA) is 56.1 Å². The van der Waals surface area contributed by atoms with Crippen molar-refractivity contribution in [1.82, 2.24) is 4.90 Å². The van der Waals surface area contributed by atoms with Gasteiger partial charge in [-0.1, -0.05) is 72.9 Å². The molecule has 134 valence electrons. The number of thiocarbonyl (C=S) groups is 1. The van der Waals surface area contributed by atoms with Crippen molar-refractivity contribution in [3.05, 3.63) is 95.6 Å². The van der Waals surface area contributed by atoms with Crippen molar-refractivity contribution in [2.24, 2.45) is 4.99 Å². The van der Waals surface area contributed by atoms with Gasteiger partial charge in [-0.05, 0) is 23.3 Å². The molecule has 0 amide bonds. The highest BCUT2D eigenvalue weighted by Gasteiger charge is 2.36. The standard InChI is InChI=1S/C22H18N2O2S/c25-17-11-12-18(19(26)13-17)22(27)24-14-23-20(15-7-3-1-4-8-15)21(24)16-9-5-2-6-10-16/h1-14,20-21,25-26H. The van der Waals surface area contributed by atoms with Crippen LogP contribution in [-0.4, -0.2) is 26.4 Å². The van der Waals surface area contributed by atoms with Crippen molar-refractivity contribution in [3.63, 3.8) is 0 Å². The normalized spacial score (nSPS) is 18.6. The molecule has 5 heteroatoms. The van der Waals surface area contributed by atoms with E-state index in [0.717, 1.165) is 11.1 Å². The summed E-state index contributed by atoms with van der Waals surface area (Å²) in [6.45, 7) is 0. The summed E-state index contributed by atoms with van der Waals surface area (Å²) in [4.78, 5) is 7.09. The van der Waals surface area contributed by atoms with Crippen LogP contribution in [0.25, 0.3) is 0 Å². The van der Waals surface area contributed by atoms with Crippen LogP contribution in [0.15, 0.2) is 83.9 Å². The quantitative estimate of drug-likeness (QED) is 0.658. The smallest absolute Gasteiger partial charge is 0.129 e. The van der Waals surface area contributed by atoms with E-state index in [1.807, 2.05) is 41.3 Å². The van der Waals surface area contributed by atoms with E-state index in [2.05, 4.69) is 24.3 Å². The second kappa shape index (κ2) is 7.21. The largest absolute Gasteiger partial charge is 0.508 e. The maximum Gasteiger partial charge on any atom is 0.129 e. The molecule has 4 rings (SSSR count). The molecule has 4 nitrogen and oxygen atoms in total. The average molecular weight is 374 g/mol. The lowest BCUT2D eigenvalue weighted by Gasteiger charge is -2.29. The Morgan fingerprint density at radius 2 is 1.48 bits per heavy atom. The van der Waals surface area contributed by atoms with E-state index in [4.69, 9.17) is 17.2 Å². The summed E-state index contributed by atoms with van der Waals surface area (Å²) < 4.78 is 0. The van der Waals surface area contributed by atoms with Crippen LogP contribution in [0.2, 0.25) is 0 Å². The lowest BCUT2D eigenvalue weighted by Crippen LogP contribution is -2.31. The minimum atomic E-state index is -0.116. The van der Waals surface area contributed by atoms with Gasteiger partial charge in [0.2, 0.25) is 0 Å². The highest BCUT2D eigenvalue weighted by atomic mass is 32.1. The van der Waals surface area contributed by atoms with E-state index in [9.17, 15) is 10.2 Å². The molecular weight excluding hydrogens is 356 g/mol. The number of aliphatic imine (C=N–C) groups is 1. The first-order valence-electron chi connectivity index (χ1n) is 8.63. The van der Waals surface area contributed by atoms with Gasteiger partial charge in [-0.25, -0.2) is 0 Å². The number of hydrogen-bond acceptors (Lipinski definition) is 4. The molecule has 0 bridgehead atoms. The molecule has 0 radical (unpaired) electrons. The first-order chi connectivity index (χ1) is 13.1. The molecule has 2 atom stereocenters. The van der Waals surface area contributed by atoms with Crippen LogP contribution in [0.1, 0.15) is 28.8 Å². The van der Waals surface area contributed by atoms with Crippen molar-refractivity contribution >= 4 is 23.5 Å². The van der Waals surface area contributed by atoms with Gasteiger partial charge < -0.3 is 15.1 Å². The molecular formula is C22H18N2O2S. The highest BCUT2D eigenvalue weighted by Crippen LogP contribution is 2.41. The summed E-state index contributed by atoms with van der Waals surface area (Å²) in [5.74, 6) is -0.0562. The number of rotatable bonds is 3. The Balaban J connectivity index is 1.75. The average Bonchev–Trinajstić information content (AvgIpc) is 3.14. The van der Waals surface area contributed by atoms with Gasteiger partial charge in [-0.15, -0.1) is 0 Å². The Kier molecular flexibility index (Phi) is 4.60. The summed E-state index contributed by atoms with van der Waals surface area (Å²) in [6, 6.07) is 24.4. The van der Waals surface area contributed by atoms with Crippen molar-refractivity contribution in [2.45, 2.75) is 12.1 Å². The van der Waals surface area contributed by atoms with Gasteiger partial charge in [-0.3, -0.25) is 4.99 Å². The van der Waals surface area contributed by atoms with Crippen LogP contribution in [-0.2, 0) is 0 Å². The highest BCUT2D eigenvalue weighted by molar-refractivity contribution is 7.80. The number of nitrogens with zero attached hydrogens (tertiary/aromatic N) is 2. The summed E-state index contributed by atoms with van der Waals surface area (Å²) >= 11 is 5.68. The third-order valence-corrected chi connectivity index (χ3v) is 5.11. The van der Waals surface area contributed by atoms with Crippen molar-refractivity contribution < 1.29 is 10.2 Å². The van der Waals surface area contributed by atoms with E-state index in [1.165, 1.54) is 12.1 Å². The molecule has 3 aromatic rings. The molecule has 2 unspecified atom stereocenters. The van der Waals surface area contributed by atoms with E-state index in [1.54, 1.807) is 12.4 Å². The lowest BCUT2D eigenvalue weighted by atomic mass is 9.93. The van der Waals surface area contributed by atoms with Crippen LogP contribution in [0.5, 0.6) is 11.5 Å². The summed E-state index contributed by atoms with van der Waals surface area (Å²) in [7, 11) is 0. The third kappa shape index (κ3) is 3.29. The van der Waals surface area contributed by atoms with Crippen LogP contribution in [0.4, 0.5) is 0 Å². The zero-order valence-electron chi connectivity index (χ0n) is 14.4. The van der Waals surface area contributed by atoms with Crippen LogP contribution in [0.3, 0.4) is 0 Å². The fraction of sp³-hybridized carbons (Fsp3) is 0.0909. The number of aromatic hydroxyl groups is 2. The molecule has 0 aromatic heterocycles. The molecule has 27 heavy (non-hydrogen) atoms. The Hall–Kier alpha value is -3.18. The number of hydrogen-bond donors (Lipinski definition) is 2. The molecule has 2 N–H and O–H groups in total. The fourth-order valence-electron chi connectivity index (χ4n) is 3.38. The Bertz CT molecular complexity index is 990. The first-order valence-corrected chi connectivity index (χ1v) is 9.04. The zero-order valence-corrected chi connectivity index (χ0v) is 15.3. The van der Waals surface area contributed by atoms with Crippen molar-refractivity contribution in [1.29, 1.82) is 0 Å². The summed E-state index contributed by atoms with van der Waals surface area (Å²) in [5, 5.41) is 19.8. The molecule has 1 aliphatic heterocycles. The minimum Gasteiger partial charge on any atom is -0.508 e. The molecule has 3 aromatic carbocycles. The molecule has 0 saturated carbocycles. The van der Waals surface area contributed by atoms with Gasteiger partial charge in [0, 0.05) is 6.07 Å². The minimum absolute atomic E-state index is 0.00379. The fourth-order valence-corrected chi connectivity index (χ4v) is 3.71. The predicted molar refractivity (Wildman–Crippen MR) is 110 cm³/mol. The molecule has 0 aliphatic carbocycles. The van der Waals surface area contributed by atoms with Crippen molar-refractivity contribution in [2.75, 3.05) is 0 Å². The van der Waals surface area contributed by atoms with Crippen LogP contribution >= 0.6 is 12.2 Å².